The average Bonchev–Trinajstić information content (AvgIpc) is 3.35. The summed E-state index contributed by atoms with van der Waals surface area (Å²) in [5.74, 6) is 1.08. The van der Waals surface area contributed by atoms with Gasteiger partial charge in [0.1, 0.15) is 11.4 Å². The van der Waals surface area contributed by atoms with E-state index >= 15 is 0 Å². The van der Waals surface area contributed by atoms with Crippen LogP contribution in [-0.4, -0.2) is 32.6 Å². The Morgan fingerprint density at radius 2 is 1.79 bits per heavy atom. The monoisotopic (exact) mass is 466 g/mol. The second-order valence-electron chi connectivity index (χ2n) is 6.86. The molecule has 7 nitrogen and oxygen atoms in total. The lowest BCUT2D eigenvalue weighted by atomic mass is 10.2. The molecule has 2 N–H and O–H groups in total. The van der Waals surface area contributed by atoms with Crippen molar-refractivity contribution in [2.24, 2.45) is 0 Å². The summed E-state index contributed by atoms with van der Waals surface area (Å²) >= 11 is 1.47. The van der Waals surface area contributed by atoms with Gasteiger partial charge in [-0.05, 0) is 66.4 Å². The second kappa shape index (κ2) is 11.7. The first-order valence-corrected chi connectivity index (χ1v) is 11.2. The summed E-state index contributed by atoms with van der Waals surface area (Å²) in [5.41, 5.74) is 1.40. The minimum atomic E-state index is -0.404. The van der Waals surface area contributed by atoms with Crippen LogP contribution < -0.4 is 24.8 Å². The third kappa shape index (κ3) is 6.60. The Hall–Kier alpha value is -3.78. The molecule has 0 unspecified atom stereocenters. The number of benzene rings is 2. The van der Waals surface area contributed by atoms with Crippen LogP contribution in [0.1, 0.15) is 27.7 Å². The van der Waals surface area contributed by atoms with Crippen LogP contribution in [0.15, 0.2) is 65.7 Å². The van der Waals surface area contributed by atoms with Gasteiger partial charge in [-0.25, -0.2) is 0 Å². The van der Waals surface area contributed by atoms with Crippen molar-refractivity contribution in [1.82, 2.24) is 10.6 Å². The molecule has 0 spiro atoms. The van der Waals surface area contributed by atoms with E-state index in [4.69, 9.17) is 14.2 Å². The van der Waals surface area contributed by atoms with Gasteiger partial charge >= 0.3 is 0 Å². The van der Waals surface area contributed by atoms with Crippen LogP contribution in [-0.2, 0) is 11.3 Å². The van der Waals surface area contributed by atoms with Gasteiger partial charge in [0.25, 0.3) is 11.8 Å². The van der Waals surface area contributed by atoms with Crippen LogP contribution in [0, 0.1) is 0 Å². The van der Waals surface area contributed by atoms with Gasteiger partial charge in [0.05, 0.1) is 20.8 Å². The third-order valence-corrected chi connectivity index (χ3v) is 5.48. The minimum absolute atomic E-state index is 0.150. The molecule has 3 rings (SSSR count). The van der Waals surface area contributed by atoms with Gasteiger partial charge in [0, 0.05) is 17.0 Å². The van der Waals surface area contributed by atoms with E-state index in [-0.39, 0.29) is 12.2 Å². The molecule has 1 heterocycles. The number of thiophene rings is 1. The second-order valence-corrected chi connectivity index (χ2v) is 7.84. The molecular weight excluding hydrogens is 440 g/mol. The fourth-order valence-corrected chi connectivity index (χ4v) is 3.65. The number of rotatable bonds is 10. The van der Waals surface area contributed by atoms with E-state index in [1.807, 2.05) is 36.6 Å². The van der Waals surface area contributed by atoms with E-state index in [2.05, 4.69) is 10.6 Å². The van der Waals surface area contributed by atoms with Crippen LogP contribution in [0.25, 0.3) is 6.08 Å². The first-order chi connectivity index (χ1) is 16.0. The standard InChI is InChI=1S/C25H26N2O5S/c1-4-32-23-14-17(7-12-22(23)31-3)16-26-25(29)21(15-20-6-5-13-33-20)27-24(28)18-8-10-19(30-2)11-9-18/h5-15H,4,16H2,1-3H3,(H,26,29)(H,27,28)/b21-15-. The number of carbonyl (C=O) groups excluding carboxylic acids is 2. The maximum Gasteiger partial charge on any atom is 0.268 e. The van der Waals surface area contributed by atoms with Crippen LogP contribution in [0.4, 0.5) is 0 Å². The van der Waals surface area contributed by atoms with Crippen molar-refractivity contribution in [3.8, 4) is 17.2 Å². The minimum Gasteiger partial charge on any atom is -0.497 e. The molecule has 3 aromatic rings. The molecule has 0 bridgehead atoms. The highest BCUT2D eigenvalue weighted by Gasteiger charge is 2.15. The van der Waals surface area contributed by atoms with E-state index in [9.17, 15) is 9.59 Å². The van der Waals surface area contributed by atoms with Gasteiger partial charge < -0.3 is 24.8 Å². The molecule has 172 valence electrons. The predicted molar refractivity (Wildman–Crippen MR) is 129 cm³/mol. The Bertz CT molecular complexity index is 1110. The van der Waals surface area contributed by atoms with Gasteiger partial charge in [0.2, 0.25) is 0 Å². The zero-order chi connectivity index (χ0) is 23.6. The Kier molecular flexibility index (Phi) is 8.49. The summed E-state index contributed by atoms with van der Waals surface area (Å²) in [5, 5.41) is 7.49. The molecule has 2 aromatic carbocycles. The summed E-state index contributed by atoms with van der Waals surface area (Å²) in [7, 11) is 3.13. The molecule has 0 aliphatic heterocycles. The van der Waals surface area contributed by atoms with Crippen LogP contribution in [0.3, 0.4) is 0 Å². The molecule has 8 heteroatoms. The van der Waals surface area contributed by atoms with Crippen LogP contribution in [0.5, 0.6) is 17.2 Å². The van der Waals surface area contributed by atoms with Crippen molar-refractivity contribution in [2.45, 2.75) is 13.5 Å². The first kappa shape index (κ1) is 23.9. The smallest absolute Gasteiger partial charge is 0.268 e. The van der Waals surface area contributed by atoms with E-state index < -0.39 is 11.8 Å². The molecule has 0 aliphatic rings. The fourth-order valence-electron chi connectivity index (χ4n) is 2.99. The van der Waals surface area contributed by atoms with E-state index in [1.54, 1.807) is 50.6 Å². The van der Waals surface area contributed by atoms with Crippen molar-refractivity contribution < 1.29 is 23.8 Å². The first-order valence-electron chi connectivity index (χ1n) is 10.3. The van der Waals surface area contributed by atoms with Crippen molar-refractivity contribution in [2.75, 3.05) is 20.8 Å². The number of amides is 2. The lowest BCUT2D eigenvalue weighted by Gasteiger charge is -2.13. The Labute approximate surface area is 197 Å². The van der Waals surface area contributed by atoms with Crippen molar-refractivity contribution in [3.05, 3.63) is 81.7 Å². The molecule has 33 heavy (non-hydrogen) atoms. The quantitative estimate of drug-likeness (QED) is 0.436. The van der Waals surface area contributed by atoms with Crippen molar-refractivity contribution in [1.29, 1.82) is 0 Å². The van der Waals surface area contributed by atoms with E-state index in [1.165, 1.54) is 11.3 Å². The summed E-state index contributed by atoms with van der Waals surface area (Å²) in [6.07, 6.45) is 1.65. The number of hydrogen-bond donors (Lipinski definition) is 2. The van der Waals surface area contributed by atoms with E-state index in [0.717, 1.165) is 10.4 Å². The number of methoxy groups -OCH3 is 2. The largest absolute Gasteiger partial charge is 0.497 e. The highest BCUT2D eigenvalue weighted by molar-refractivity contribution is 7.10. The zero-order valence-electron chi connectivity index (χ0n) is 18.7. The lowest BCUT2D eigenvalue weighted by Crippen LogP contribution is -2.34. The molecule has 0 saturated carbocycles. The summed E-state index contributed by atoms with van der Waals surface area (Å²) < 4.78 is 16.0. The topological polar surface area (TPSA) is 85.9 Å². The van der Waals surface area contributed by atoms with Crippen molar-refractivity contribution >= 4 is 29.2 Å². The lowest BCUT2D eigenvalue weighted by molar-refractivity contribution is -0.117. The highest BCUT2D eigenvalue weighted by Crippen LogP contribution is 2.28. The average molecular weight is 467 g/mol. The Balaban J connectivity index is 1.74. The summed E-state index contributed by atoms with van der Waals surface area (Å²) in [6, 6.07) is 15.9. The molecule has 1 aromatic heterocycles. The predicted octanol–water partition coefficient (Wildman–Crippen LogP) is 4.25. The number of ether oxygens (including phenoxy) is 3. The van der Waals surface area contributed by atoms with Gasteiger partial charge in [-0.3, -0.25) is 9.59 Å². The Morgan fingerprint density at radius 3 is 2.42 bits per heavy atom. The summed E-state index contributed by atoms with van der Waals surface area (Å²) in [4.78, 5) is 26.6. The third-order valence-electron chi connectivity index (χ3n) is 4.66. The van der Waals surface area contributed by atoms with Gasteiger partial charge in [0.15, 0.2) is 11.5 Å². The molecule has 0 radical (unpaired) electrons. The molecular formula is C25H26N2O5S. The SMILES string of the molecule is CCOc1cc(CNC(=O)/C(=C/c2cccs2)NC(=O)c2ccc(OC)cc2)ccc1OC. The maximum absolute atomic E-state index is 13.0. The zero-order valence-corrected chi connectivity index (χ0v) is 19.5. The van der Waals surface area contributed by atoms with Crippen LogP contribution in [0.2, 0.25) is 0 Å². The maximum atomic E-state index is 13.0. The molecule has 0 atom stereocenters. The number of hydrogen-bond acceptors (Lipinski definition) is 6. The molecule has 0 aliphatic carbocycles. The normalized spacial score (nSPS) is 10.9. The van der Waals surface area contributed by atoms with Gasteiger partial charge in [-0.1, -0.05) is 12.1 Å². The molecule has 2 amide bonds. The van der Waals surface area contributed by atoms with Crippen LogP contribution >= 0.6 is 11.3 Å². The molecule has 0 fully saturated rings. The number of nitrogens with one attached hydrogen (secondary N) is 2. The van der Waals surface area contributed by atoms with Gasteiger partial charge in [-0.2, -0.15) is 0 Å². The van der Waals surface area contributed by atoms with E-state index in [0.29, 0.717) is 29.4 Å². The van der Waals surface area contributed by atoms with Crippen molar-refractivity contribution in [3.63, 3.8) is 0 Å². The Morgan fingerprint density at radius 1 is 1.00 bits per heavy atom. The van der Waals surface area contributed by atoms with Gasteiger partial charge in [-0.15, -0.1) is 11.3 Å². The summed E-state index contributed by atoms with van der Waals surface area (Å²) in [6.45, 7) is 2.64. The number of carbonyl (C=O) groups is 2. The molecule has 0 saturated heterocycles. The highest BCUT2D eigenvalue weighted by atomic mass is 32.1. The fraction of sp³-hybridized carbons (Fsp3) is 0.200.